The maximum absolute atomic E-state index is 12.7. The van der Waals surface area contributed by atoms with Gasteiger partial charge in [0, 0.05) is 30.3 Å². The molecule has 0 amide bonds. The number of unbranched alkanes of at least 4 members (excludes halogenated alkanes) is 2. The molecule has 2 aromatic carbocycles. The molecular formula is C34H46O6. The van der Waals surface area contributed by atoms with Gasteiger partial charge in [-0.15, -0.1) is 0 Å². The van der Waals surface area contributed by atoms with Crippen LogP contribution in [0.2, 0.25) is 0 Å². The van der Waals surface area contributed by atoms with Gasteiger partial charge in [-0.1, -0.05) is 82.3 Å². The van der Waals surface area contributed by atoms with Gasteiger partial charge in [0.1, 0.15) is 13.2 Å². The van der Waals surface area contributed by atoms with Crippen molar-refractivity contribution in [2.45, 2.75) is 71.6 Å². The number of carbonyl (C=O) groups excluding carboxylic acids is 2. The molecular weight excluding hydrogens is 504 g/mol. The quantitative estimate of drug-likeness (QED) is 0.137. The minimum absolute atomic E-state index is 0.00969. The fourth-order valence-electron chi connectivity index (χ4n) is 4.61. The van der Waals surface area contributed by atoms with E-state index in [4.69, 9.17) is 9.47 Å². The van der Waals surface area contributed by atoms with Crippen molar-refractivity contribution in [2.75, 3.05) is 26.4 Å². The SMILES string of the molecule is C=C(C)C(=O)OCC(CC)(COC(=O)C(=C)CC(CO)CO)c1ccc(-c2ccc(CCCCC)c(C)c2)cc1. The Kier molecular flexibility index (Phi) is 13.3. The minimum atomic E-state index is -0.786. The second kappa shape index (κ2) is 16.1. The highest BCUT2D eigenvalue weighted by molar-refractivity contribution is 5.88. The van der Waals surface area contributed by atoms with E-state index < -0.39 is 23.3 Å². The highest BCUT2D eigenvalue weighted by Crippen LogP contribution is 2.32. The van der Waals surface area contributed by atoms with Crippen LogP contribution in [0.25, 0.3) is 11.1 Å². The molecule has 2 aromatic rings. The number of aliphatic hydroxyl groups is 2. The van der Waals surface area contributed by atoms with E-state index in [1.54, 1.807) is 6.92 Å². The van der Waals surface area contributed by atoms with E-state index in [1.165, 1.54) is 30.4 Å². The van der Waals surface area contributed by atoms with E-state index in [0.717, 1.165) is 23.1 Å². The van der Waals surface area contributed by atoms with Crippen molar-refractivity contribution in [2.24, 2.45) is 5.92 Å². The zero-order chi connectivity index (χ0) is 29.7. The van der Waals surface area contributed by atoms with Crippen molar-refractivity contribution in [3.63, 3.8) is 0 Å². The minimum Gasteiger partial charge on any atom is -0.461 e. The van der Waals surface area contributed by atoms with E-state index in [-0.39, 0.29) is 38.4 Å². The second-order valence-corrected chi connectivity index (χ2v) is 10.8. The van der Waals surface area contributed by atoms with Crippen LogP contribution in [0, 0.1) is 12.8 Å². The lowest BCUT2D eigenvalue weighted by Crippen LogP contribution is -2.38. The highest BCUT2D eigenvalue weighted by atomic mass is 16.5. The Morgan fingerprint density at radius 1 is 0.900 bits per heavy atom. The number of aliphatic hydroxyl groups excluding tert-OH is 2. The fourth-order valence-corrected chi connectivity index (χ4v) is 4.61. The largest absolute Gasteiger partial charge is 0.461 e. The first-order valence-electron chi connectivity index (χ1n) is 14.2. The first-order chi connectivity index (χ1) is 19.1. The van der Waals surface area contributed by atoms with Crippen molar-refractivity contribution in [1.82, 2.24) is 0 Å². The molecule has 218 valence electrons. The number of rotatable bonds is 17. The van der Waals surface area contributed by atoms with E-state index in [9.17, 15) is 19.8 Å². The summed E-state index contributed by atoms with van der Waals surface area (Å²) in [5, 5.41) is 18.7. The zero-order valence-electron chi connectivity index (χ0n) is 24.6. The Labute approximate surface area is 239 Å². The third-order valence-corrected chi connectivity index (χ3v) is 7.55. The molecule has 2 N–H and O–H groups in total. The Hall–Kier alpha value is -3.22. The fraction of sp³-hybridized carbons (Fsp3) is 0.471. The van der Waals surface area contributed by atoms with Gasteiger partial charge in [-0.05, 0) is 67.3 Å². The summed E-state index contributed by atoms with van der Waals surface area (Å²) in [5.41, 5.74) is 5.41. The van der Waals surface area contributed by atoms with Crippen molar-refractivity contribution >= 4 is 11.9 Å². The van der Waals surface area contributed by atoms with E-state index in [0.29, 0.717) is 12.0 Å². The average molecular weight is 551 g/mol. The summed E-state index contributed by atoms with van der Waals surface area (Å²) in [5.74, 6) is -1.59. The number of carbonyl (C=O) groups is 2. The van der Waals surface area contributed by atoms with Crippen LogP contribution in [0.3, 0.4) is 0 Å². The summed E-state index contributed by atoms with van der Waals surface area (Å²) < 4.78 is 11.2. The average Bonchev–Trinajstić information content (AvgIpc) is 2.96. The summed E-state index contributed by atoms with van der Waals surface area (Å²) in [7, 11) is 0. The molecule has 1 atom stereocenters. The number of hydrogen-bond donors (Lipinski definition) is 2. The topological polar surface area (TPSA) is 93.1 Å². The molecule has 6 heteroatoms. The number of aryl methyl sites for hydroxylation is 2. The van der Waals surface area contributed by atoms with Gasteiger partial charge in [-0.25, -0.2) is 9.59 Å². The zero-order valence-corrected chi connectivity index (χ0v) is 24.6. The van der Waals surface area contributed by atoms with Crippen LogP contribution < -0.4 is 0 Å². The Morgan fingerprint density at radius 3 is 2.02 bits per heavy atom. The van der Waals surface area contributed by atoms with Crippen LogP contribution in [0.5, 0.6) is 0 Å². The smallest absolute Gasteiger partial charge is 0.333 e. The molecule has 0 saturated carbocycles. The van der Waals surface area contributed by atoms with Crippen molar-refractivity contribution in [3.05, 3.63) is 83.5 Å². The molecule has 0 bridgehead atoms. The summed E-state index contributed by atoms with van der Waals surface area (Å²) in [6.45, 7) is 14.8. The Bertz CT molecular complexity index is 1150. The predicted molar refractivity (Wildman–Crippen MR) is 160 cm³/mol. The molecule has 2 rings (SSSR count). The van der Waals surface area contributed by atoms with Gasteiger partial charge < -0.3 is 19.7 Å². The third kappa shape index (κ3) is 9.17. The number of hydrogen-bond acceptors (Lipinski definition) is 6. The summed E-state index contributed by atoms with van der Waals surface area (Å²) in [6.07, 6.45) is 5.39. The van der Waals surface area contributed by atoms with Gasteiger partial charge in [0.25, 0.3) is 0 Å². The molecule has 40 heavy (non-hydrogen) atoms. The molecule has 0 fully saturated rings. The van der Waals surface area contributed by atoms with Gasteiger partial charge in [0.2, 0.25) is 0 Å². The Balaban J connectivity index is 2.29. The molecule has 0 saturated heterocycles. The standard InChI is InChI=1S/C34H46O6/c1-7-9-10-11-28-12-13-30(19-25(28)5)29-14-16-31(17-15-29)34(8-2,22-39-32(37)24(3)4)23-40-33(38)26(6)18-27(20-35)21-36/h12-17,19,27,35-36H,3,6-11,18,20-23H2,1-2,4-5H3. The monoisotopic (exact) mass is 550 g/mol. The van der Waals surface area contributed by atoms with Crippen LogP contribution in [0.15, 0.2) is 66.8 Å². The number of ether oxygens (including phenoxy) is 2. The van der Waals surface area contributed by atoms with Crippen LogP contribution in [0.4, 0.5) is 0 Å². The van der Waals surface area contributed by atoms with E-state index >= 15 is 0 Å². The van der Waals surface area contributed by atoms with Crippen molar-refractivity contribution in [1.29, 1.82) is 0 Å². The molecule has 0 aliphatic heterocycles. The molecule has 0 aliphatic carbocycles. The summed E-state index contributed by atoms with van der Waals surface area (Å²) in [6, 6.07) is 14.7. The van der Waals surface area contributed by atoms with Crippen LogP contribution >= 0.6 is 0 Å². The van der Waals surface area contributed by atoms with E-state index in [2.05, 4.69) is 45.2 Å². The number of esters is 2. The molecule has 0 aromatic heterocycles. The molecule has 6 nitrogen and oxygen atoms in total. The van der Waals surface area contributed by atoms with Gasteiger partial charge in [0.05, 0.1) is 5.41 Å². The van der Waals surface area contributed by atoms with Crippen molar-refractivity contribution in [3.8, 4) is 11.1 Å². The third-order valence-electron chi connectivity index (χ3n) is 7.55. The molecule has 0 heterocycles. The Morgan fingerprint density at radius 2 is 1.50 bits per heavy atom. The second-order valence-electron chi connectivity index (χ2n) is 10.8. The maximum Gasteiger partial charge on any atom is 0.333 e. The van der Waals surface area contributed by atoms with Gasteiger partial charge in [-0.3, -0.25) is 0 Å². The molecule has 0 spiro atoms. The van der Waals surface area contributed by atoms with Gasteiger partial charge >= 0.3 is 11.9 Å². The molecule has 0 radical (unpaired) electrons. The first-order valence-corrected chi connectivity index (χ1v) is 14.2. The van der Waals surface area contributed by atoms with Crippen LogP contribution in [-0.2, 0) is 30.9 Å². The number of benzene rings is 2. The van der Waals surface area contributed by atoms with Crippen LogP contribution in [-0.4, -0.2) is 48.6 Å². The molecule has 0 aliphatic rings. The lowest BCUT2D eigenvalue weighted by Gasteiger charge is -2.32. The highest BCUT2D eigenvalue weighted by Gasteiger charge is 2.35. The van der Waals surface area contributed by atoms with Gasteiger partial charge in [0.15, 0.2) is 0 Å². The summed E-state index contributed by atoms with van der Waals surface area (Å²) >= 11 is 0. The van der Waals surface area contributed by atoms with Crippen LogP contribution in [0.1, 0.15) is 69.6 Å². The first kappa shape index (κ1) is 33.0. The summed E-state index contributed by atoms with van der Waals surface area (Å²) in [4.78, 5) is 25.0. The van der Waals surface area contributed by atoms with E-state index in [1.807, 2.05) is 31.2 Å². The maximum atomic E-state index is 12.7. The van der Waals surface area contributed by atoms with Crippen molar-refractivity contribution < 1.29 is 29.3 Å². The molecule has 1 unspecified atom stereocenters. The normalized spacial score (nSPS) is 12.6. The lowest BCUT2D eigenvalue weighted by molar-refractivity contribution is -0.146. The predicted octanol–water partition coefficient (Wildman–Crippen LogP) is 6.25. The lowest BCUT2D eigenvalue weighted by atomic mass is 9.79. The van der Waals surface area contributed by atoms with Gasteiger partial charge in [-0.2, -0.15) is 0 Å².